The molecule has 2 fully saturated rings. The third kappa shape index (κ3) is 8.09. The Hall–Kier alpha value is -3.56. The zero-order valence-corrected chi connectivity index (χ0v) is 26.1. The molecule has 3 aromatic rings. The number of benzene rings is 2. The number of hydrogen-bond donors (Lipinski definition) is 1. The molecule has 9 heteroatoms. The number of carbonyl (C=O) groups is 3. The lowest BCUT2D eigenvalue weighted by atomic mass is 9.88. The Labute approximate surface area is 259 Å². The van der Waals surface area contributed by atoms with Crippen LogP contribution in [0.15, 0.2) is 66.0 Å². The molecule has 1 saturated carbocycles. The quantitative estimate of drug-likeness (QED) is 0.338. The summed E-state index contributed by atoms with van der Waals surface area (Å²) in [5, 5.41) is 5.14. The van der Waals surface area contributed by atoms with Crippen molar-refractivity contribution in [2.45, 2.75) is 64.5 Å². The van der Waals surface area contributed by atoms with Crippen molar-refractivity contribution in [1.29, 1.82) is 0 Å². The van der Waals surface area contributed by atoms with Crippen LogP contribution in [0.25, 0.3) is 0 Å². The first-order valence-electron chi connectivity index (χ1n) is 15.6. The van der Waals surface area contributed by atoms with E-state index in [-0.39, 0.29) is 48.7 Å². The van der Waals surface area contributed by atoms with E-state index >= 15 is 0 Å². The van der Waals surface area contributed by atoms with Crippen molar-refractivity contribution in [1.82, 2.24) is 19.7 Å². The Balaban J connectivity index is 1.13. The van der Waals surface area contributed by atoms with Crippen molar-refractivity contribution in [2.24, 2.45) is 5.92 Å². The number of nitrogens with zero attached hydrogens (tertiary/aromatic N) is 4. The Kier molecular flexibility index (Phi) is 10.6. The molecule has 1 aliphatic carbocycles. The highest BCUT2D eigenvalue weighted by atomic mass is 32.1. The van der Waals surface area contributed by atoms with Gasteiger partial charge in [-0.2, -0.15) is 0 Å². The summed E-state index contributed by atoms with van der Waals surface area (Å²) in [6.45, 7) is 6.79. The smallest absolute Gasteiger partial charge is 0.245 e. The molecule has 1 aliphatic heterocycles. The van der Waals surface area contributed by atoms with Gasteiger partial charge in [-0.15, -0.1) is 11.3 Å². The maximum Gasteiger partial charge on any atom is 0.245 e. The van der Waals surface area contributed by atoms with Crippen LogP contribution in [-0.4, -0.2) is 76.2 Å². The first-order valence-corrected chi connectivity index (χ1v) is 16.4. The summed E-state index contributed by atoms with van der Waals surface area (Å²) in [4.78, 5) is 49.7. The predicted molar refractivity (Wildman–Crippen MR) is 171 cm³/mol. The Morgan fingerprint density at radius 1 is 0.907 bits per heavy atom. The number of amides is 3. The van der Waals surface area contributed by atoms with Crippen LogP contribution in [-0.2, 0) is 20.8 Å². The standard InChI is InChI=1S/C34H43N5O3S/c1-25(2)39(33(42)28-16-10-5-11-17-28)23-30(40)36-34-35-29(24-43-34)22-31(41)37-18-20-38(21-19-37)32(26-12-6-3-7-13-26)27-14-8-4-9-15-27/h3-4,6-9,12-15,24-25,28,32H,5,10-11,16-23H2,1-2H3,(H,35,36,40). The number of rotatable bonds is 10. The maximum absolute atomic E-state index is 13.2. The lowest BCUT2D eigenvalue weighted by Gasteiger charge is -2.39. The molecule has 0 atom stereocenters. The van der Waals surface area contributed by atoms with Crippen LogP contribution in [0.4, 0.5) is 5.13 Å². The van der Waals surface area contributed by atoms with Crippen LogP contribution in [0.3, 0.4) is 0 Å². The van der Waals surface area contributed by atoms with Gasteiger partial charge in [-0.1, -0.05) is 79.9 Å². The lowest BCUT2D eigenvalue weighted by molar-refractivity contribution is -0.141. The van der Waals surface area contributed by atoms with E-state index in [2.05, 4.69) is 63.7 Å². The summed E-state index contributed by atoms with van der Waals surface area (Å²) in [6, 6.07) is 21.2. The zero-order valence-electron chi connectivity index (χ0n) is 25.3. The summed E-state index contributed by atoms with van der Waals surface area (Å²) >= 11 is 1.31. The minimum atomic E-state index is -0.257. The number of thiazole rings is 1. The van der Waals surface area contributed by atoms with Gasteiger partial charge in [-0.05, 0) is 37.8 Å². The molecule has 1 N–H and O–H groups in total. The molecule has 43 heavy (non-hydrogen) atoms. The van der Waals surface area contributed by atoms with Gasteiger partial charge >= 0.3 is 0 Å². The van der Waals surface area contributed by atoms with Gasteiger partial charge in [0, 0.05) is 43.5 Å². The van der Waals surface area contributed by atoms with E-state index in [1.54, 1.807) is 4.90 Å². The summed E-state index contributed by atoms with van der Waals surface area (Å²) in [5.41, 5.74) is 3.15. The molecule has 0 bridgehead atoms. The molecule has 5 rings (SSSR count). The largest absolute Gasteiger partial charge is 0.340 e. The number of anilines is 1. The van der Waals surface area contributed by atoms with Gasteiger partial charge in [-0.25, -0.2) is 4.98 Å². The molecule has 228 valence electrons. The van der Waals surface area contributed by atoms with Crippen LogP contribution in [0.1, 0.15) is 68.8 Å². The van der Waals surface area contributed by atoms with E-state index < -0.39 is 0 Å². The second kappa shape index (κ2) is 14.8. The fourth-order valence-corrected chi connectivity index (χ4v) is 6.97. The SMILES string of the molecule is CC(C)N(CC(=O)Nc1nc(CC(=O)N2CCN(C(c3ccccc3)c3ccccc3)CC2)cs1)C(=O)C1CCCCC1. The monoisotopic (exact) mass is 601 g/mol. The van der Waals surface area contributed by atoms with E-state index in [9.17, 15) is 14.4 Å². The van der Waals surface area contributed by atoms with Crippen LogP contribution >= 0.6 is 11.3 Å². The Morgan fingerprint density at radius 2 is 1.51 bits per heavy atom. The third-order valence-electron chi connectivity index (χ3n) is 8.57. The molecule has 2 aliphatic rings. The highest BCUT2D eigenvalue weighted by Crippen LogP contribution is 2.30. The Bertz CT molecular complexity index is 1310. The van der Waals surface area contributed by atoms with Crippen molar-refractivity contribution < 1.29 is 14.4 Å². The maximum atomic E-state index is 13.2. The summed E-state index contributed by atoms with van der Waals surface area (Å²) in [5.74, 6) is -0.115. The van der Waals surface area contributed by atoms with Gasteiger partial charge in [0.1, 0.15) is 6.54 Å². The normalized spacial score (nSPS) is 16.4. The van der Waals surface area contributed by atoms with Crippen LogP contribution in [0.2, 0.25) is 0 Å². The Morgan fingerprint density at radius 3 is 2.09 bits per heavy atom. The molecule has 2 aromatic carbocycles. The van der Waals surface area contributed by atoms with Crippen molar-refractivity contribution in [2.75, 3.05) is 38.0 Å². The van der Waals surface area contributed by atoms with E-state index in [0.717, 1.165) is 38.8 Å². The molecule has 0 unspecified atom stereocenters. The van der Waals surface area contributed by atoms with E-state index in [4.69, 9.17) is 0 Å². The molecule has 3 amide bonds. The molecule has 1 aromatic heterocycles. The van der Waals surface area contributed by atoms with E-state index in [0.29, 0.717) is 23.9 Å². The minimum Gasteiger partial charge on any atom is -0.340 e. The number of piperazine rings is 1. The van der Waals surface area contributed by atoms with Gasteiger partial charge in [0.05, 0.1) is 18.2 Å². The number of hydrogen-bond acceptors (Lipinski definition) is 6. The van der Waals surface area contributed by atoms with Crippen LogP contribution < -0.4 is 5.32 Å². The van der Waals surface area contributed by atoms with E-state index in [1.165, 1.54) is 28.9 Å². The van der Waals surface area contributed by atoms with Crippen molar-refractivity contribution in [3.63, 3.8) is 0 Å². The number of aromatic nitrogens is 1. The van der Waals surface area contributed by atoms with Crippen molar-refractivity contribution >= 4 is 34.2 Å². The topological polar surface area (TPSA) is 85.8 Å². The second-order valence-electron chi connectivity index (χ2n) is 11.9. The highest BCUT2D eigenvalue weighted by Gasteiger charge is 2.30. The predicted octanol–water partition coefficient (Wildman–Crippen LogP) is 5.38. The number of carbonyl (C=O) groups excluding carboxylic acids is 3. The number of nitrogens with one attached hydrogen (secondary N) is 1. The fourth-order valence-electron chi connectivity index (χ4n) is 6.24. The zero-order chi connectivity index (χ0) is 30.2. The van der Waals surface area contributed by atoms with Crippen LogP contribution in [0, 0.1) is 5.92 Å². The average Bonchev–Trinajstić information content (AvgIpc) is 3.47. The van der Waals surface area contributed by atoms with Crippen LogP contribution in [0.5, 0.6) is 0 Å². The summed E-state index contributed by atoms with van der Waals surface area (Å²) in [6.07, 6.45) is 5.34. The summed E-state index contributed by atoms with van der Waals surface area (Å²) in [7, 11) is 0. The van der Waals surface area contributed by atoms with Gasteiger partial charge < -0.3 is 15.1 Å². The second-order valence-corrected chi connectivity index (χ2v) is 12.8. The van der Waals surface area contributed by atoms with Gasteiger partial charge in [0.15, 0.2) is 5.13 Å². The third-order valence-corrected chi connectivity index (χ3v) is 9.37. The molecule has 8 nitrogen and oxygen atoms in total. The van der Waals surface area contributed by atoms with E-state index in [1.807, 2.05) is 36.3 Å². The fraction of sp³-hybridized carbons (Fsp3) is 0.471. The molecule has 0 spiro atoms. The molecule has 0 radical (unpaired) electrons. The van der Waals surface area contributed by atoms with Gasteiger partial charge in [-0.3, -0.25) is 19.3 Å². The first-order chi connectivity index (χ1) is 20.9. The average molecular weight is 602 g/mol. The van der Waals surface area contributed by atoms with Crippen molar-refractivity contribution in [3.05, 3.63) is 82.9 Å². The minimum absolute atomic E-state index is 0.0120. The molecule has 1 saturated heterocycles. The highest BCUT2D eigenvalue weighted by molar-refractivity contribution is 7.13. The molecular formula is C34H43N5O3S. The van der Waals surface area contributed by atoms with Gasteiger partial charge in [0.25, 0.3) is 0 Å². The molecule has 2 heterocycles. The molecular weight excluding hydrogens is 558 g/mol. The first kappa shape index (κ1) is 30.9. The summed E-state index contributed by atoms with van der Waals surface area (Å²) < 4.78 is 0. The van der Waals surface area contributed by atoms with Crippen molar-refractivity contribution in [3.8, 4) is 0 Å². The lowest BCUT2D eigenvalue weighted by Crippen LogP contribution is -2.50. The van der Waals surface area contributed by atoms with Gasteiger partial charge in [0.2, 0.25) is 17.7 Å².